The lowest BCUT2D eigenvalue weighted by atomic mass is 10.1. The zero-order chi connectivity index (χ0) is 23.7. The second-order valence-corrected chi connectivity index (χ2v) is 9.06. The Balaban J connectivity index is 1.42. The number of rotatable bonds is 5. The molecule has 1 aliphatic rings. The summed E-state index contributed by atoms with van der Waals surface area (Å²) < 4.78 is 6.43. The molecular weight excluding hydrogens is 452 g/mol. The van der Waals surface area contributed by atoms with E-state index in [2.05, 4.69) is 5.32 Å². The molecule has 1 aromatic heterocycles. The van der Waals surface area contributed by atoms with Crippen LogP contribution in [-0.2, 0) is 4.74 Å². The SMILES string of the molecule is Cc1ccc(-c2nc3ccccc3s2)cc1NC(=O)c1ccc(N2CCOCC2)c([N+](=O)[O-])c1. The number of ether oxygens (including phenoxy) is 1. The number of carbonyl (C=O) groups is 1. The Morgan fingerprint density at radius 3 is 2.68 bits per heavy atom. The summed E-state index contributed by atoms with van der Waals surface area (Å²) in [6.07, 6.45) is 0. The molecule has 5 rings (SSSR count). The summed E-state index contributed by atoms with van der Waals surface area (Å²) in [6, 6.07) is 18.3. The zero-order valence-corrected chi connectivity index (χ0v) is 19.3. The maximum absolute atomic E-state index is 13.0. The number of hydrogen-bond acceptors (Lipinski definition) is 7. The largest absolute Gasteiger partial charge is 0.378 e. The Labute approximate surface area is 200 Å². The van der Waals surface area contributed by atoms with Crippen LogP contribution in [0, 0.1) is 17.0 Å². The fourth-order valence-electron chi connectivity index (χ4n) is 3.96. The lowest BCUT2D eigenvalue weighted by Crippen LogP contribution is -2.36. The minimum atomic E-state index is -0.444. The Hall–Kier alpha value is -3.82. The summed E-state index contributed by atoms with van der Waals surface area (Å²) in [6.45, 7) is 4.09. The molecule has 34 heavy (non-hydrogen) atoms. The van der Waals surface area contributed by atoms with E-state index < -0.39 is 10.8 Å². The molecular formula is C25H22N4O4S. The number of anilines is 2. The third kappa shape index (κ3) is 4.35. The Bertz CT molecular complexity index is 1360. The van der Waals surface area contributed by atoms with Gasteiger partial charge in [0.05, 0.1) is 28.4 Å². The van der Waals surface area contributed by atoms with Gasteiger partial charge in [-0.2, -0.15) is 0 Å². The monoisotopic (exact) mass is 474 g/mol. The van der Waals surface area contributed by atoms with Gasteiger partial charge in [-0.05, 0) is 42.8 Å². The number of nitro benzene ring substituents is 1. The van der Waals surface area contributed by atoms with Crippen LogP contribution in [0.2, 0.25) is 0 Å². The summed E-state index contributed by atoms with van der Waals surface area (Å²) in [4.78, 5) is 30.9. The van der Waals surface area contributed by atoms with Crippen LogP contribution in [0.1, 0.15) is 15.9 Å². The first-order valence-corrected chi connectivity index (χ1v) is 11.7. The van der Waals surface area contributed by atoms with Gasteiger partial charge in [0.25, 0.3) is 11.6 Å². The van der Waals surface area contributed by atoms with E-state index in [-0.39, 0.29) is 11.3 Å². The second kappa shape index (κ2) is 9.20. The smallest absolute Gasteiger partial charge is 0.293 e. The maximum Gasteiger partial charge on any atom is 0.293 e. The molecule has 8 nitrogen and oxygen atoms in total. The van der Waals surface area contributed by atoms with E-state index in [4.69, 9.17) is 9.72 Å². The molecule has 0 atom stereocenters. The van der Waals surface area contributed by atoms with Crippen LogP contribution in [0.5, 0.6) is 0 Å². The topological polar surface area (TPSA) is 97.6 Å². The first-order chi connectivity index (χ1) is 16.5. The van der Waals surface area contributed by atoms with Crippen LogP contribution < -0.4 is 10.2 Å². The van der Waals surface area contributed by atoms with E-state index in [1.807, 2.05) is 54.3 Å². The number of aromatic nitrogens is 1. The molecule has 1 N–H and O–H groups in total. The number of carbonyl (C=O) groups excluding carboxylic acids is 1. The van der Waals surface area contributed by atoms with Gasteiger partial charge in [0.2, 0.25) is 0 Å². The zero-order valence-electron chi connectivity index (χ0n) is 18.5. The molecule has 0 aliphatic carbocycles. The molecule has 0 bridgehead atoms. The second-order valence-electron chi connectivity index (χ2n) is 8.03. The first kappa shape index (κ1) is 22.0. The van der Waals surface area contributed by atoms with E-state index >= 15 is 0 Å². The van der Waals surface area contributed by atoms with Crippen LogP contribution >= 0.6 is 11.3 Å². The number of nitrogens with one attached hydrogen (secondary N) is 1. The van der Waals surface area contributed by atoms with Crippen molar-refractivity contribution in [1.82, 2.24) is 4.98 Å². The van der Waals surface area contributed by atoms with Crippen molar-refractivity contribution in [2.24, 2.45) is 0 Å². The fraction of sp³-hybridized carbons (Fsp3) is 0.200. The highest BCUT2D eigenvalue weighted by Gasteiger charge is 2.23. The fourth-order valence-corrected chi connectivity index (χ4v) is 4.92. The molecule has 1 aliphatic heterocycles. The third-order valence-corrected chi connectivity index (χ3v) is 6.90. The van der Waals surface area contributed by atoms with Gasteiger partial charge < -0.3 is 15.0 Å². The first-order valence-electron chi connectivity index (χ1n) is 10.9. The van der Waals surface area contributed by atoms with Crippen LogP contribution in [0.3, 0.4) is 0 Å². The summed E-state index contributed by atoms with van der Waals surface area (Å²) in [5, 5.41) is 15.5. The molecule has 1 fully saturated rings. The number of benzene rings is 3. The highest BCUT2D eigenvalue weighted by molar-refractivity contribution is 7.21. The molecule has 3 aromatic carbocycles. The third-order valence-electron chi connectivity index (χ3n) is 5.81. The van der Waals surface area contributed by atoms with Gasteiger partial charge in [0, 0.05) is 36.0 Å². The van der Waals surface area contributed by atoms with Gasteiger partial charge in [-0.3, -0.25) is 14.9 Å². The predicted molar refractivity (Wildman–Crippen MR) is 134 cm³/mol. The lowest BCUT2D eigenvalue weighted by Gasteiger charge is -2.28. The number of thiazole rings is 1. The van der Waals surface area contributed by atoms with Gasteiger partial charge in [0.1, 0.15) is 10.7 Å². The average Bonchev–Trinajstić information content (AvgIpc) is 3.30. The van der Waals surface area contributed by atoms with Gasteiger partial charge >= 0.3 is 0 Å². The van der Waals surface area contributed by atoms with Crippen molar-refractivity contribution >= 4 is 44.5 Å². The summed E-state index contributed by atoms with van der Waals surface area (Å²) >= 11 is 1.59. The Kier molecular flexibility index (Phi) is 5.95. The van der Waals surface area contributed by atoms with Crippen molar-refractivity contribution in [3.05, 3.63) is 81.9 Å². The van der Waals surface area contributed by atoms with Crippen LogP contribution in [0.25, 0.3) is 20.8 Å². The Morgan fingerprint density at radius 2 is 1.91 bits per heavy atom. The van der Waals surface area contributed by atoms with Gasteiger partial charge in [-0.25, -0.2) is 4.98 Å². The van der Waals surface area contributed by atoms with Gasteiger partial charge in [-0.15, -0.1) is 11.3 Å². The standard InChI is InChI=1S/C25H22N4O4S/c1-16-6-7-18(25-27-19-4-2-3-5-23(19)34-25)14-20(16)26-24(30)17-8-9-21(22(15-17)29(31)32)28-10-12-33-13-11-28/h2-9,14-15H,10-13H2,1H3,(H,26,30). The Morgan fingerprint density at radius 1 is 1.12 bits per heavy atom. The number of hydrogen-bond donors (Lipinski definition) is 1. The van der Waals surface area contributed by atoms with Crippen molar-refractivity contribution in [2.45, 2.75) is 6.92 Å². The number of para-hydroxylation sites is 1. The van der Waals surface area contributed by atoms with E-state index in [9.17, 15) is 14.9 Å². The van der Waals surface area contributed by atoms with Crippen molar-refractivity contribution in [3.63, 3.8) is 0 Å². The molecule has 0 unspecified atom stereocenters. The number of nitrogens with zero attached hydrogens (tertiary/aromatic N) is 3. The van der Waals surface area contributed by atoms with Crippen LogP contribution in [0.4, 0.5) is 17.1 Å². The number of morpholine rings is 1. The number of aryl methyl sites for hydroxylation is 1. The van der Waals surface area contributed by atoms with Gasteiger partial charge in [0.15, 0.2) is 0 Å². The summed E-state index contributed by atoms with van der Waals surface area (Å²) in [5.41, 5.74) is 4.00. The predicted octanol–water partition coefficient (Wildman–Crippen LogP) is 5.27. The quantitative estimate of drug-likeness (QED) is 0.313. The van der Waals surface area contributed by atoms with Crippen molar-refractivity contribution in [2.75, 3.05) is 36.5 Å². The molecule has 0 saturated carbocycles. The minimum absolute atomic E-state index is 0.0884. The maximum atomic E-state index is 13.0. The molecule has 1 saturated heterocycles. The number of fused-ring (bicyclic) bond motifs is 1. The van der Waals surface area contributed by atoms with Crippen molar-refractivity contribution in [3.8, 4) is 10.6 Å². The highest BCUT2D eigenvalue weighted by Crippen LogP contribution is 2.33. The lowest BCUT2D eigenvalue weighted by molar-refractivity contribution is -0.384. The normalized spacial score (nSPS) is 13.7. The van der Waals surface area contributed by atoms with E-state index in [0.717, 1.165) is 26.4 Å². The molecule has 0 radical (unpaired) electrons. The molecule has 2 heterocycles. The van der Waals surface area contributed by atoms with Crippen LogP contribution in [0.15, 0.2) is 60.7 Å². The minimum Gasteiger partial charge on any atom is -0.378 e. The molecule has 9 heteroatoms. The van der Waals surface area contributed by atoms with E-state index in [1.165, 1.54) is 6.07 Å². The summed E-state index contributed by atoms with van der Waals surface area (Å²) in [5.74, 6) is -0.402. The van der Waals surface area contributed by atoms with E-state index in [0.29, 0.717) is 37.7 Å². The van der Waals surface area contributed by atoms with E-state index in [1.54, 1.807) is 23.5 Å². The number of nitro groups is 1. The molecule has 172 valence electrons. The summed E-state index contributed by atoms with van der Waals surface area (Å²) in [7, 11) is 0. The number of amides is 1. The molecule has 1 amide bonds. The van der Waals surface area contributed by atoms with Crippen molar-refractivity contribution in [1.29, 1.82) is 0 Å². The molecule has 0 spiro atoms. The van der Waals surface area contributed by atoms with Gasteiger partial charge in [-0.1, -0.05) is 24.3 Å². The highest BCUT2D eigenvalue weighted by atomic mass is 32.1. The van der Waals surface area contributed by atoms with Crippen LogP contribution in [-0.4, -0.2) is 42.1 Å². The molecule has 4 aromatic rings. The van der Waals surface area contributed by atoms with Crippen molar-refractivity contribution < 1.29 is 14.5 Å². The average molecular weight is 475 g/mol.